The van der Waals surface area contributed by atoms with Gasteiger partial charge in [0, 0.05) is 35.8 Å². The van der Waals surface area contributed by atoms with E-state index in [-0.39, 0.29) is 25.7 Å². The normalized spacial score (nSPS) is 11.0. The lowest BCUT2D eigenvalue weighted by Crippen LogP contribution is -2.53. The molecule has 0 fully saturated rings. The lowest BCUT2D eigenvalue weighted by atomic mass is 9.96. The highest BCUT2D eigenvalue weighted by Gasteiger charge is 2.35. The molecule has 0 aliphatic heterocycles. The molecule has 0 spiro atoms. The molecule has 0 saturated heterocycles. The molecule has 0 atom stereocenters. The molecule has 3 aromatic rings. The minimum atomic E-state index is -1.10. The Morgan fingerprint density at radius 2 is 1.89 bits per heavy atom. The van der Waals surface area contributed by atoms with Crippen LogP contribution in [0.4, 0.5) is 5.69 Å². The first-order valence-corrected chi connectivity index (χ1v) is 11.5. The number of carbonyl (C=O) groups excluding carboxylic acids is 3. The summed E-state index contributed by atoms with van der Waals surface area (Å²) >= 11 is 0. The molecule has 1 aromatic heterocycles. The number of primary amides is 1. The van der Waals surface area contributed by atoms with Crippen molar-refractivity contribution in [3.63, 3.8) is 0 Å². The van der Waals surface area contributed by atoms with Gasteiger partial charge >= 0.3 is 11.8 Å². The maximum absolute atomic E-state index is 12.9. The van der Waals surface area contributed by atoms with Gasteiger partial charge in [0.1, 0.15) is 11.5 Å². The third-order valence-corrected chi connectivity index (χ3v) is 5.66. The Bertz CT molecular complexity index is 1220. The Morgan fingerprint density at radius 1 is 1.16 bits per heavy atom. The summed E-state index contributed by atoms with van der Waals surface area (Å²) in [6.07, 6.45) is 3.18. The second-order valence-electron chi connectivity index (χ2n) is 8.67. The minimum Gasteiger partial charge on any atom is -0.496 e. The van der Waals surface area contributed by atoms with Crippen LogP contribution < -0.4 is 25.4 Å². The number of hydrogen-bond acceptors (Lipinski definition) is 8. The quantitative estimate of drug-likeness (QED) is 0.331. The van der Waals surface area contributed by atoms with Crippen molar-refractivity contribution in [1.29, 1.82) is 0 Å². The van der Waals surface area contributed by atoms with Gasteiger partial charge in [-0.3, -0.25) is 19.3 Å². The fraction of sp³-hybridized carbons (Fsp3) is 0.308. The second-order valence-corrected chi connectivity index (χ2v) is 8.67. The Balaban J connectivity index is 1.76. The number of rotatable bonds is 11. The zero-order valence-electron chi connectivity index (χ0n) is 20.9. The molecule has 0 bridgehead atoms. The van der Waals surface area contributed by atoms with Crippen LogP contribution in [0.15, 0.2) is 59.5 Å². The number of nitrogens with one attached hydrogen (secondary N) is 1. The summed E-state index contributed by atoms with van der Waals surface area (Å²) in [5, 5.41) is 11.4. The van der Waals surface area contributed by atoms with Crippen molar-refractivity contribution >= 4 is 23.4 Å². The molecule has 1 heterocycles. The molecule has 196 valence electrons. The molecule has 0 aliphatic rings. The Labute approximate surface area is 214 Å². The Kier molecular flexibility index (Phi) is 8.86. The highest BCUT2D eigenvalue weighted by molar-refractivity contribution is 6.40. The summed E-state index contributed by atoms with van der Waals surface area (Å²) in [5.74, 6) is -0.833. The first-order chi connectivity index (χ1) is 17.7. The highest BCUT2D eigenvalue weighted by Crippen LogP contribution is 2.36. The SMILES string of the molecule is COc1cc(N(C(=O)C(N)=O)C(C)(C)CCOc2ccc(C(=O)NCCO)cc2)ccc1-c1cnco1. The van der Waals surface area contributed by atoms with Gasteiger partial charge in [0.25, 0.3) is 5.91 Å². The summed E-state index contributed by atoms with van der Waals surface area (Å²) in [6, 6.07) is 11.5. The van der Waals surface area contributed by atoms with Crippen LogP contribution in [0.5, 0.6) is 11.5 Å². The molecule has 3 amide bonds. The van der Waals surface area contributed by atoms with Crippen molar-refractivity contribution in [2.75, 3.05) is 31.8 Å². The molecule has 4 N–H and O–H groups in total. The van der Waals surface area contributed by atoms with E-state index >= 15 is 0 Å². The number of oxazole rings is 1. The number of hydrogen-bond donors (Lipinski definition) is 3. The van der Waals surface area contributed by atoms with Gasteiger partial charge in [-0.1, -0.05) is 0 Å². The maximum atomic E-state index is 12.9. The van der Waals surface area contributed by atoms with E-state index in [0.717, 1.165) is 0 Å². The van der Waals surface area contributed by atoms with E-state index in [1.54, 1.807) is 62.5 Å². The third kappa shape index (κ3) is 6.64. The van der Waals surface area contributed by atoms with Crippen LogP contribution in [0.3, 0.4) is 0 Å². The number of nitrogens with two attached hydrogens (primary N) is 1. The van der Waals surface area contributed by atoms with Gasteiger partial charge in [-0.15, -0.1) is 0 Å². The van der Waals surface area contributed by atoms with Crippen molar-refractivity contribution in [2.24, 2.45) is 5.73 Å². The number of ether oxygens (including phenoxy) is 2. The van der Waals surface area contributed by atoms with Gasteiger partial charge in [-0.25, -0.2) is 4.98 Å². The highest BCUT2D eigenvalue weighted by atomic mass is 16.5. The van der Waals surface area contributed by atoms with Crippen LogP contribution in [0.25, 0.3) is 11.3 Å². The molecule has 3 rings (SSSR count). The summed E-state index contributed by atoms with van der Waals surface area (Å²) in [6.45, 7) is 3.82. The first kappa shape index (κ1) is 27.2. The van der Waals surface area contributed by atoms with E-state index in [2.05, 4.69) is 10.3 Å². The van der Waals surface area contributed by atoms with Crippen LogP contribution in [0.2, 0.25) is 0 Å². The number of nitrogens with zero attached hydrogens (tertiary/aromatic N) is 2. The van der Waals surface area contributed by atoms with Gasteiger partial charge in [0.15, 0.2) is 12.2 Å². The lowest BCUT2D eigenvalue weighted by Gasteiger charge is -2.38. The van der Waals surface area contributed by atoms with E-state index in [0.29, 0.717) is 40.5 Å². The van der Waals surface area contributed by atoms with Gasteiger partial charge in [0.05, 0.1) is 32.1 Å². The van der Waals surface area contributed by atoms with Gasteiger partial charge in [0.2, 0.25) is 0 Å². The van der Waals surface area contributed by atoms with E-state index in [4.69, 9.17) is 24.7 Å². The van der Waals surface area contributed by atoms with E-state index in [9.17, 15) is 14.4 Å². The van der Waals surface area contributed by atoms with E-state index in [1.165, 1.54) is 18.4 Å². The average molecular weight is 511 g/mol. The number of anilines is 1. The molecule has 0 radical (unpaired) electrons. The van der Waals surface area contributed by atoms with Crippen molar-refractivity contribution in [2.45, 2.75) is 25.8 Å². The number of carbonyl (C=O) groups is 3. The van der Waals surface area contributed by atoms with E-state index in [1.807, 2.05) is 0 Å². The molecular formula is C26H30N4O7. The summed E-state index contributed by atoms with van der Waals surface area (Å²) in [7, 11) is 1.49. The number of methoxy groups -OCH3 is 1. The molecule has 37 heavy (non-hydrogen) atoms. The van der Waals surface area contributed by atoms with Gasteiger partial charge in [-0.2, -0.15) is 0 Å². The zero-order valence-corrected chi connectivity index (χ0v) is 20.9. The fourth-order valence-electron chi connectivity index (χ4n) is 3.73. The maximum Gasteiger partial charge on any atom is 0.316 e. The number of aromatic nitrogens is 1. The fourth-order valence-corrected chi connectivity index (χ4v) is 3.73. The molecule has 0 saturated carbocycles. The van der Waals surface area contributed by atoms with Crippen molar-refractivity contribution in [1.82, 2.24) is 10.3 Å². The monoisotopic (exact) mass is 510 g/mol. The van der Waals surface area contributed by atoms with Crippen LogP contribution in [0, 0.1) is 0 Å². The lowest BCUT2D eigenvalue weighted by molar-refractivity contribution is -0.136. The number of aliphatic hydroxyl groups excluding tert-OH is 1. The second kappa shape index (κ2) is 12.0. The summed E-state index contributed by atoms with van der Waals surface area (Å²) in [5.41, 5.74) is 5.97. The van der Waals surface area contributed by atoms with E-state index < -0.39 is 17.4 Å². The Morgan fingerprint density at radius 3 is 2.49 bits per heavy atom. The predicted molar refractivity (Wildman–Crippen MR) is 135 cm³/mol. The van der Waals surface area contributed by atoms with Crippen LogP contribution in [-0.2, 0) is 9.59 Å². The third-order valence-electron chi connectivity index (χ3n) is 5.66. The molecule has 11 heteroatoms. The van der Waals surface area contributed by atoms with Crippen molar-refractivity contribution < 1.29 is 33.4 Å². The average Bonchev–Trinajstić information content (AvgIpc) is 3.42. The Hall–Kier alpha value is -4.38. The van der Waals surface area contributed by atoms with Crippen LogP contribution in [0.1, 0.15) is 30.6 Å². The summed E-state index contributed by atoms with van der Waals surface area (Å²) in [4.78, 5) is 42.0. The zero-order chi connectivity index (χ0) is 27.0. The standard InChI is InChI=1S/C26H30N4O7/c1-26(2,10-13-36-19-7-4-17(5-8-19)24(33)29-11-12-31)30(25(34)23(27)32)18-6-9-20(21(14-18)35-3)22-15-28-16-37-22/h4-9,14-16,31H,10-13H2,1-3H3,(H2,27,32)(H,29,33). The van der Waals surface area contributed by atoms with Crippen molar-refractivity contribution in [3.8, 4) is 22.8 Å². The van der Waals surface area contributed by atoms with Crippen LogP contribution >= 0.6 is 0 Å². The molecule has 0 unspecified atom stereocenters. The smallest absolute Gasteiger partial charge is 0.316 e. The number of benzene rings is 2. The largest absolute Gasteiger partial charge is 0.496 e. The molecule has 0 aliphatic carbocycles. The van der Waals surface area contributed by atoms with Gasteiger partial charge < -0.3 is 30.0 Å². The van der Waals surface area contributed by atoms with Crippen LogP contribution in [-0.4, -0.2) is 60.2 Å². The van der Waals surface area contributed by atoms with Gasteiger partial charge in [-0.05, 0) is 50.2 Å². The molecular weight excluding hydrogens is 480 g/mol. The topological polar surface area (TPSA) is 157 Å². The first-order valence-electron chi connectivity index (χ1n) is 11.5. The minimum absolute atomic E-state index is 0.142. The number of amides is 3. The number of aliphatic hydroxyl groups is 1. The predicted octanol–water partition coefficient (Wildman–Crippen LogP) is 2.14. The van der Waals surface area contributed by atoms with Crippen molar-refractivity contribution in [3.05, 3.63) is 60.6 Å². The molecule has 11 nitrogen and oxygen atoms in total. The summed E-state index contributed by atoms with van der Waals surface area (Å²) < 4.78 is 16.7. The molecule has 2 aromatic carbocycles.